The van der Waals surface area contributed by atoms with Crippen molar-refractivity contribution < 1.29 is 4.79 Å². The Morgan fingerprint density at radius 2 is 2.21 bits per heavy atom. The monoisotopic (exact) mass is 324 g/mol. The van der Waals surface area contributed by atoms with Gasteiger partial charge in [0.1, 0.15) is 5.82 Å². The van der Waals surface area contributed by atoms with Crippen molar-refractivity contribution in [3.8, 4) is 0 Å². The first kappa shape index (κ1) is 16.4. The Morgan fingerprint density at radius 3 is 2.96 bits per heavy atom. The zero-order chi connectivity index (χ0) is 16.9. The molecule has 0 spiro atoms. The summed E-state index contributed by atoms with van der Waals surface area (Å²) in [7, 11) is 3.97. The van der Waals surface area contributed by atoms with Crippen molar-refractivity contribution in [2.75, 3.05) is 25.5 Å². The van der Waals surface area contributed by atoms with Crippen molar-refractivity contribution in [3.63, 3.8) is 0 Å². The largest absolute Gasteiger partial charge is 0.363 e. The zero-order valence-corrected chi connectivity index (χ0v) is 14.4. The number of carbonyl (C=O) groups excluding carboxylic acids is 1. The van der Waals surface area contributed by atoms with Crippen LogP contribution in [0.15, 0.2) is 42.9 Å². The Morgan fingerprint density at radius 1 is 1.33 bits per heavy atom. The highest BCUT2D eigenvalue weighted by Crippen LogP contribution is 2.33. The Balaban J connectivity index is 1.68. The molecule has 24 heavy (non-hydrogen) atoms. The third-order valence-electron chi connectivity index (χ3n) is 4.54. The van der Waals surface area contributed by atoms with Gasteiger partial charge < -0.3 is 9.80 Å². The average molecular weight is 324 g/mol. The van der Waals surface area contributed by atoms with E-state index in [4.69, 9.17) is 0 Å². The van der Waals surface area contributed by atoms with Gasteiger partial charge in [-0.15, -0.1) is 0 Å². The van der Waals surface area contributed by atoms with E-state index >= 15 is 0 Å². The fraction of sp³-hybridized carbons (Fsp3) is 0.421. The van der Waals surface area contributed by atoms with Crippen LogP contribution in [0.25, 0.3) is 0 Å². The van der Waals surface area contributed by atoms with Crippen LogP contribution in [0.3, 0.4) is 0 Å². The van der Waals surface area contributed by atoms with Gasteiger partial charge in [0.05, 0.1) is 6.04 Å². The van der Waals surface area contributed by atoms with E-state index in [1.54, 1.807) is 6.20 Å². The predicted octanol–water partition coefficient (Wildman–Crippen LogP) is 2.84. The quantitative estimate of drug-likeness (QED) is 0.848. The van der Waals surface area contributed by atoms with Gasteiger partial charge in [-0.3, -0.25) is 9.78 Å². The molecule has 2 aromatic rings. The van der Waals surface area contributed by atoms with Crippen LogP contribution in [0.4, 0.5) is 5.82 Å². The number of amides is 1. The van der Waals surface area contributed by atoms with Crippen LogP contribution < -0.4 is 4.90 Å². The van der Waals surface area contributed by atoms with E-state index in [2.05, 4.69) is 16.0 Å². The number of pyridine rings is 2. The molecule has 1 aliphatic rings. The van der Waals surface area contributed by atoms with Gasteiger partial charge in [0, 0.05) is 45.7 Å². The number of anilines is 1. The normalized spacial score (nSPS) is 17.1. The lowest BCUT2D eigenvalue weighted by Gasteiger charge is -2.26. The Bertz CT molecular complexity index is 687. The summed E-state index contributed by atoms with van der Waals surface area (Å²) in [5, 5.41) is 0. The summed E-state index contributed by atoms with van der Waals surface area (Å²) in [5.74, 6) is 1.16. The van der Waals surface area contributed by atoms with Crippen LogP contribution in [0.5, 0.6) is 0 Å². The molecule has 3 heterocycles. The molecular formula is C19H24N4O. The van der Waals surface area contributed by atoms with Gasteiger partial charge in [-0.25, -0.2) is 4.98 Å². The van der Waals surface area contributed by atoms with Crippen molar-refractivity contribution in [2.24, 2.45) is 0 Å². The molecule has 1 amide bonds. The Labute approximate surface area is 143 Å². The first-order valence-corrected chi connectivity index (χ1v) is 8.47. The molecule has 2 aromatic heterocycles. The fourth-order valence-corrected chi connectivity index (χ4v) is 3.24. The number of nitrogens with zero attached hydrogens (tertiary/aromatic N) is 4. The molecule has 0 radical (unpaired) electrons. The van der Waals surface area contributed by atoms with Gasteiger partial charge in [-0.05, 0) is 48.6 Å². The molecule has 5 nitrogen and oxygen atoms in total. The second-order valence-corrected chi connectivity index (χ2v) is 6.45. The van der Waals surface area contributed by atoms with Crippen molar-refractivity contribution in [3.05, 3.63) is 54.0 Å². The summed E-state index contributed by atoms with van der Waals surface area (Å²) in [4.78, 5) is 25.2. The van der Waals surface area contributed by atoms with Crippen molar-refractivity contribution in [1.82, 2.24) is 14.9 Å². The molecule has 0 bridgehead atoms. The van der Waals surface area contributed by atoms with Crippen LogP contribution in [0.2, 0.25) is 0 Å². The van der Waals surface area contributed by atoms with Gasteiger partial charge in [0.15, 0.2) is 0 Å². The number of carbonyl (C=O) groups is 1. The first-order chi connectivity index (χ1) is 11.6. The van der Waals surface area contributed by atoms with Gasteiger partial charge >= 0.3 is 0 Å². The molecule has 0 unspecified atom stereocenters. The lowest BCUT2D eigenvalue weighted by atomic mass is 10.0. The molecule has 0 aliphatic carbocycles. The molecule has 126 valence electrons. The molecule has 0 N–H and O–H groups in total. The molecule has 5 heteroatoms. The van der Waals surface area contributed by atoms with E-state index in [-0.39, 0.29) is 11.9 Å². The molecule has 1 saturated heterocycles. The third-order valence-corrected chi connectivity index (χ3v) is 4.54. The SMILES string of the molecule is CN(C)c1cc([C@H]2CCCN2C(=O)CCc2cccnc2)ccn1. The minimum atomic E-state index is 0.174. The van der Waals surface area contributed by atoms with Gasteiger partial charge in [-0.1, -0.05) is 6.07 Å². The van der Waals surface area contributed by atoms with E-state index in [0.717, 1.165) is 37.2 Å². The number of hydrogen-bond acceptors (Lipinski definition) is 4. The lowest BCUT2D eigenvalue weighted by Crippen LogP contribution is -2.30. The van der Waals surface area contributed by atoms with Crippen LogP contribution in [0, 0.1) is 0 Å². The molecule has 1 atom stereocenters. The van der Waals surface area contributed by atoms with Crippen molar-refractivity contribution in [1.29, 1.82) is 0 Å². The molecule has 0 saturated carbocycles. The zero-order valence-electron chi connectivity index (χ0n) is 14.4. The van der Waals surface area contributed by atoms with Crippen molar-refractivity contribution in [2.45, 2.75) is 31.7 Å². The van der Waals surface area contributed by atoms with Gasteiger partial charge in [0.2, 0.25) is 5.91 Å². The Kier molecular flexibility index (Phi) is 5.08. The first-order valence-electron chi connectivity index (χ1n) is 8.47. The average Bonchev–Trinajstić information content (AvgIpc) is 3.10. The summed E-state index contributed by atoms with van der Waals surface area (Å²) in [6.07, 6.45) is 8.79. The number of likely N-dealkylation sites (tertiary alicyclic amines) is 1. The molecular weight excluding hydrogens is 300 g/mol. The van der Waals surface area contributed by atoms with E-state index in [1.165, 1.54) is 5.56 Å². The predicted molar refractivity (Wildman–Crippen MR) is 94.8 cm³/mol. The highest BCUT2D eigenvalue weighted by atomic mass is 16.2. The summed E-state index contributed by atoms with van der Waals surface area (Å²) >= 11 is 0. The van der Waals surface area contributed by atoms with Crippen LogP contribution in [-0.2, 0) is 11.2 Å². The molecule has 3 rings (SSSR count). The summed E-state index contributed by atoms with van der Waals surface area (Å²) in [6, 6.07) is 8.24. The van der Waals surface area contributed by atoms with Crippen LogP contribution in [0.1, 0.15) is 36.4 Å². The van der Waals surface area contributed by atoms with Crippen LogP contribution >= 0.6 is 0 Å². The minimum absolute atomic E-state index is 0.174. The number of aromatic nitrogens is 2. The van der Waals surface area contributed by atoms with Gasteiger partial charge in [-0.2, -0.15) is 0 Å². The second-order valence-electron chi connectivity index (χ2n) is 6.45. The molecule has 1 aliphatic heterocycles. The van der Waals surface area contributed by atoms with Gasteiger partial charge in [0.25, 0.3) is 0 Å². The standard InChI is InChI=1S/C19H24N4O/c1-22(2)18-13-16(9-11-21-18)17-6-4-12-23(17)19(24)8-7-15-5-3-10-20-14-15/h3,5,9-11,13-14,17H,4,6-8,12H2,1-2H3/t17-/m1/s1. The van der Waals surface area contributed by atoms with E-state index in [9.17, 15) is 4.79 Å². The summed E-state index contributed by atoms with van der Waals surface area (Å²) < 4.78 is 0. The highest BCUT2D eigenvalue weighted by Gasteiger charge is 2.29. The highest BCUT2D eigenvalue weighted by molar-refractivity contribution is 5.77. The third kappa shape index (κ3) is 3.72. The summed E-state index contributed by atoms with van der Waals surface area (Å²) in [5.41, 5.74) is 2.29. The maximum Gasteiger partial charge on any atom is 0.223 e. The lowest BCUT2D eigenvalue weighted by molar-refractivity contribution is -0.132. The maximum atomic E-state index is 12.7. The molecule has 0 aromatic carbocycles. The van der Waals surface area contributed by atoms with Crippen molar-refractivity contribution >= 4 is 11.7 Å². The van der Waals surface area contributed by atoms with E-state index < -0.39 is 0 Å². The Hall–Kier alpha value is -2.43. The topological polar surface area (TPSA) is 49.3 Å². The van der Waals surface area contributed by atoms with Crippen LogP contribution in [-0.4, -0.2) is 41.4 Å². The molecule has 1 fully saturated rings. The second kappa shape index (κ2) is 7.43. The smallest absolute Gasteiger partial charge is 0.223 e. The van der Waals surface area contributed by atoms with E-state index in [0.29, 0.717) is 6.42 Å². The fourth-order valence-electron chi connectivity index (χ4n) is 3.24. The number of hydrogen-bond donors (Lipinski definition) is 0. The van der Waals surface area contributed by atoms with E-state index in [1.807, 2.05) is 54.5 Å². The number of aryl methyl sites for hydroxylation is 1. The number of rotatable bonds is 5. The summed E-state index contributed by atoms with van der Waals surface area (Å²) in [6.45, 7) is 0.843. The maximum absolute atomic E-state index is 12.7. The minimum Gasteiger partial charge on any atom is -0.363 e.